The third kappa shape index (κ3) is 3.78. The normalized spacial score (nSPS) is 16.6. The van der Waals surface area contributed by atoms with Gasteiger partial charge in [0.25, 0.3) is 5.56 Å². The highest BCUT2D eigenvalue weighted by Crippen LogP contribution is 2.36. The predicted octanol–water partition coefficient (Wildman–Crippen LogP) is 4.24. The molecular formula is C20H18F3N3O2S. The van der Waals surface area contributed by atoms with Crippen LogP contribution < -0.4 is 10.9 Å². The van der Waals surface area contributed by atoms with E-state index in [0.717, 1.165) is 40.3 Å². The van der Waals surface area contributed by atoms with Crippen LogP contribution in [0.4, 0.5) is 18.9 Å². The van der Waals surface area contributed by atoms with Gasteiger partial charge in [0.15, 0.2) is 0 Å². The number of benzene rings is 1. The molecule has 9 heteroatoms. The van der Waals surface area contributed by atoms with Crippen LogP contribution in [0, 0.1) is 5.92 Å². The average molecular weight is 421 g/mol. The lowest BCUT2D eigenvalue weighted by Crippen LogP contribution is -2.28. The van der Waals surface area contributed by atoms with Crippen molar-refractivity contribution in [3.05, 3.63) is 57.0 Å². The van der Waals surface area contributed by atoms with E-state index >= 15 is 0 Å². The summed E-state index contributed by atoms with van der Waals surface area (Å²) >= 11 is 1.50. The standard InChI is InChI=1S/C20H18F3N3O2S/c1-11-6-7-12-15(8-11)29-18-17(12)19(28)26(10-24-18)9-16(27)25-14-5-3-2-4-13(14)20(21,22)23/h2-5,10-11H,6-9H2,1H3,(H,25,27)/t11-/m1/s1. The number of hydrogen-bond acceptors (Lipinski definition) is 4. The van der Waals surface area contributed by atoms with Crippen molar-refractivity contribution < 1.29 is 18.0 Å². The van der Waals surface area contributed by atoms with Gasteiger partial charge in [0, 0.05) is 4.88 Å². The maximum absolute atomic E-state index is 13.1. The zero-order valence-electron chi connectivity index (χ0n) is 15.5. The molecule has 0 radical (unpaired) electrons. The summed E-state index contributed by atoms with van der Waals surface area (Å²) in [6.45, 7) is 1.76. The Morgan fingerprint density at radius 1 is 1.34 bits per heavy atom. The lowest BCUT2D eigenvalue weighted by molar-refractivity contribution is -0.137. The summed E-state index contributed by atoms with van der Waals surface area (Å²) in [5.41, 5.74) is -0.608. The monoisotopic (exact) mass is 421 g/mol. The SMILES string of the molecule is C[C@@H]1CCc2c(sc3ncn(CC(=O)Nc4ccccc4C(F)(F)F)c(=O)c23)C1. The van der Waals surface area contributed by atoms with Crippen LogP contribution in [0.5, 0.6) is 0 Å². The highest BCUT2D eigenvalue weighted by molar-refractivity contribution is 7.18. The number of carbonyl (C=O) groups excluding carboxylic acids is 1. The summed E-state index contributed by atoms with van der Waals surface area (Å²) in [5, 5.41) is 2.79. The van der Waals surface area contributed by atoms with Crippen LogP contribution in [0.3, 0.4) is 0 Å². The Hall–Kier alpha value is -2.68. The van der Waals surface area contributed by atoms with Gasteiger partial charge in [0.1, 0.15) is 11.4 Å². The van der Waals surface area contributed by atoms with Crippen LogP contribution >= 0.6 is 11.3 Å². The molecule has 1 N–H and O–H groups in total. The summed E-state index contributed by atoms with van der Waals surface area (Å²) in [6, 6.07) is 4.74. The van der Waals surface area contributed by atoms with Crippen LogP contribution in [0.25, 0.3) is 10.2 Å². The van der Waals surface area contributed by atoms with Gasteiger partial charge in [-0.2, -0.15) is 13.2 Å². The minimum Gasteiger partial charge on any atom is -0.324 e. The number of aryl methyl sites for hydroxylation is 1. The summed E-state index contributed by atoms with van der Waals surface area (Å²) in [6.07, 6.45) is -0.617. The maximum Gasteiger partial charge on any atom is 0.418 e. The van der Waals surface area contributed by atoms with Gasteiger partial charge in [0.05, 0.1) is 23.0 Å². The van der Waals surface area contributed by atoms with Crippen molar-refractivity contribution in [3.63, 3.8) is 0 Å². The molecule has 1 aromatic carbocycles. The largest absolute Gasteiger partial charge is 0.418 e. The van der Waals surface area contributed by atoms with E-state index < -0.39 is 24.2 Å². The molecule has 0 spiro atoms. The topological polar surface area (TPSA) is 64.0 Å². The number of alkyl halides is 3. The molecule has 152 valence electrons. The van der Waals surface area contributed by atoms with E-state index in [2.05, 4.69) is 17.2 Å². The fourth-order valence-electron chi connectivity index (χ4n) is 3.66. The Morgan fingerprint density at radius 3 is 2.86 bits per heavy atom. The van der Waals surface area contributed by atoms with Gasteiger partial charge >= 0.3 is 6.18 Å². The van der Waals surface area contributed by atoms with E-state index in [9.17, 15) is 22.8 Å². The van der Waals surface area contributed by atoms with E-state index in [1.165, 1.54) is 35.9 Å². The minimum absolute atomic E-state index is 0.332. The third-order valence-electron chi connectivity index (χ3n) is 5.10. The van der Waals surface area contributed by atoms with Crippen molar-refractivity contribution in [1.29, 1.82) is 0 Å². The second kappa shape index (κ2) is 7.29. The Morgan fingerprint density at radius 2 is 2.10 bits per heavy atom. The van der Waals surface area contributed by atoms with Crippen molar-refractivity contribution in [2.24, 2.45) is 5.92 Å². The molecule has 3 aromatic rings. The molecule has 4 rings (SSSR count). The molecule has 2 heterocycles. The number of aromatic nitrogens is 2. The fourth-order valence-corrected chi connectivity index (χ4v) is 5.00. The van der Waals surface area contributed by atoms with Crippen molar-refractivity contribution in [2.75, 3.05) is 5.32 Å². The maximum atomic E-state index is 13.1. The van der Waals surface area contributed by atoms with Crippen LogP contribution in [-0.4, -0.2) is 15.5 Å². The number of nitrogens with one attached hydrogen (secondary N) is 1. The fraction of sp³-hybridized carbons (Fsp3) is 0.350. The summed E-state index contributed by atoms with van der Waals surface area (Å²) < 4.78 is 40.5. The summed E-state index contributed by atoms with van der Waals surface area (Å²) in [5.74, 6) is -0.167. The molecule has 0 bridgehead atoms. The van der Waals surface area contributed by atoms with Crippen LogP contribution in [0.2, 0.25) is 0 Å². The highest BCUT2D eigenvalue weighted by atomic mass is 32.1. The molecule has 0 aliphatic heterocycles. The first-order valence-electron chi connectivity index (χ1n) is 9.20. The first kappa shape index (κ1) is 19.6. The molecule has 0 saturated carbocycles. The number of halogens is 3. The number of thiophene rings is 1. The molecule has 29 heavy (non-hydrogen) atoms. The van der Waals surface area contributed by atoms with Crippen LogP contribution in [0.15, 0.2) is 35.4 Å². The molecule has 5 nitrogen and oxygen atoms in total. The highest BCUT2D eigenvalue weighted by Gasteiger charge is 2.33. The van der Waals surface area contributed by atoms with Gasteiger partial charge in [0.2, 0.25) is 5.91 Å². The first-order valence-corrected chi connectivity index (χ1v) is 10.0. The van der Waals surface area contributed by atoms with Gasteiger partial charge in [-0.15, -0.1) is 11.3 Å². The molecule has 1 atom stereocenters. The number of hydrogen-bond donors (Lipinski definition) is 1. The number of fused-ring (bicyclic) bond motifs is 3. The van der Waals surface area contributed by atoms with Gasteiger partial charge in [-0.05, 0) is 42.9 Å². The van der Waals surface area contributed by atoms with Crippen molar-refractivity contribution in [1.82, 2.24) is 9.55 Å². The lowest BCUT2D eigenvalue weighted by atomic mass is 9.89. The van der Waals surface area contributed by atoms with Gasteiger partial charge in [-0.25, -0.2) is 4.98 Å². The van der Waals surface area contributed by atoms with Crippen molar-refractivity contribution >= 4 is 33.1 Å². The van der Waals surface area contributed by atoms with E-state index in [1.54, 1.807) is 0 Å². The van der Waals surface area contributed by atoms with Gasteiger partial charge in [-0.1, -0.05) is 19.1 Å². The Kier molecular flexibility index (Phi) is 4.94. The Bertz CT molecular complexity index is 1150. The molecule has 1 amide bonds. The number of rotatable bonds is 3. The molecule has 0 saturated heterocycles. The van der Waals surface area contributed by atoms with Crippen molar-refractivity contribution in [3.8, 4) is 0 Å². The van der Waals surface area contributed by atoms with Gasteiger partial charge in [-0.3, -0.25) is 14.2 Å². The third-order valence-corrected chi connectivity index (χ3v) is 6.27. The second-order valence-electron chi connectivity index (χ2n) is 7.30. The average Bonchev–Trinajstić information content (AvgIpc) is 3.01. The number of nitrogens with zero attached hydrogens (tertiary/aromatic N) is 2. The predicted molar refractivity (Wildman–Crippen MR) is 105 cm³/mol. The number of amides is 1. The van der Waals surface area contributed by atoms with Crippen LogP contribution in [0.1, 0.15) is 29.3 Å². The Labute approximate surface area is 168 Å². The summed E-state index contributed by atoms with van der Waals surface area (Å²) in [7, 11) is 0. The van der Waals surface area contributed by atoms with Gasteiger partial charge < -0.3 is 5.32 Å². The van der Waals surface area contributed by atoms with E-state index in [0.29, 0.717) is 16.1 Å². The molecular weight excluding hydrogens is 403 g/mol. The quantitative estimate of drug-likeness (QED) is 0.688. The minimum atomic E-state index is -4.59. The number of carbonyl (C=O) groups is 1. The zero-order chi connectivity index (χ0) is 20.8. The smallest absolute Gasteiger partial charge is 0.324 e. The molecule has 1 aliphatic carbocycles. The molecule has 0 unspecified atom stereocenters. The second-order valence-corrected chi connectivity index (χ2v) is 8.38. The lowest BCUT2D eigenvalue weighted by Gasteiger charge is -2.17. The summed E-state index contributed by atoms with van der Waals surface area (Å²) in [4.78, 5) is 31.4. The van der Waals surface area contributed by atoms with E-state index in [-0.39, 0.29) is 11.2 Å². The zero-order valence-corrected chi connectivity index (χ0v) is 16.4. The van der Waals surface area contributed by atoms with E-state index in [1.807, 2.05) is 0 Å². The molecule has 0 fully saturated rings. The van der Waals surface area contributed by atoms with Crippen molar-refractivity contribution in [2.45, 2.75) is 38.9 Å². The Balaban J connectivity index is 1.61. The molecule has 2 aromatic heterocycles. The number of anilines is 1. The first-order chi connectivity index (χ1) is 13.7. The van der Waals surface area contributed by atoms with Crippen LogP contribution in [-0.2, 0) is 30.4 Å². The molecule has 1 aliphatic rings. The number of para-hydroxylation sites is 1. The van der Waals surface area contributed by atoms with E-state index in [4.69, 9.17) is 0 Å².